The highest BCUT2D eigenvalue weighted by molar-refractivity contribution is 5.89. The van der Waals surface area contributed by atoms with Crippen LogP contribution < -0.4 is 19.9 Å². The number of hydrogen-bond donors (Lipinski definition) is 1. The van der Waals surface area contributed by atoms with Crippen molar-refractivity contribution in [2.24, 2.45) is 0 Å². The Hall–Kier alpha value is -2.89. The van der Waals surface area contributed by atoms with Gasteiger partial charge in [0.2, 0.25) is 0 Å². The number of piperazine rings is 1. The SMILES string of the molecule is CCOc1ccc(N2CCN(C(=O)Nc3ccc(N4CCCC4)cc3)CC2)cc1. The Labute approximate surface area is 173 Å². The average Bonchev–Trinajstić information content (AvgIpc) is 3.30. The van der Waals surface area contributed by atoms with Crippen molar-refractivity contribution in [3.8, 4) is 5.75 Å². The lowest BCUT2D eigenvalue weighted by atomic mass is 10.2. The summed E-state index contributed by atoms with van der Waals surface area (Å²) in [5.74, 6) is 0.894. The van der Waals surface area contributed by atoms with Gasteiger partial charge in [-0.2, -0.15) is 0 Å². The molecule has 4 rings (SSSR count). The van der Waals surface area contributed by atoms with Crippen molar-refractivity contribution in [2.45, 2.75) is 19.8 Å². The van der Waals surface area contributed by atoms with Gasteiger partial charge in [-0.3, -0.25) is 0 Å². The summed E-state index contributed by atoms with van der Waals surface area (Å²) in [5.41, 5.74) is 3.27. The third-order valence-corrected chi connectivity index (χ3v) is 5.67. The Morgan fingerprint density at radius 1 is 0.828 bits per heavy atom. The zero-order chi connectivity index (χ0) is 20.1. The highest BCUT2D eigenvalue weighted by Gasteiger charge is 2.21. The number of carbonyl (C=O) groups excluding carboxylic acids is 1. The highest BCUT2D eigenvalue weighted by atomic mass is 16.5. The van der Waals surface area contributed by atoms with Gasteiger partial charge in [0, 0.05) is 56.3 Å². The normalized spacial score (nSPS) is 16.8. The molecule has 29 heavy (non-hydrogen) atoms. The number of anilines is 3. The molecule has 154 valence electrons. The number of benzene rings is 2. The van der Waals surface area contributed by atoms with Crippen LogP contribution in [-0.4, -0.2) is 56.8 Å². The van der Waals surface area contributed by atoms with Crippen LogP contribution in [0.3, 0.4) is 0 Å². The molecular weight excluding hydrogens is 364 g/mol. The predicted molar refractivity (Wildman–Crippen MR) is 118 cm³/mol. The summed E-state index contributed by atoms with van der Waals surface area (Å²) in [7, 11) is 0. The average molecular weight is 395 g/mol. The quantitative estimate of drug-likeness (QED) is 0.832. The number of urea groups is 1. The van der Waals surface area contributed by atoms with Gasteiger partial charge in [0.05, 0.1) is 6.61 Å². The molecule has 0 aliphatic carbocycles. The largest absolute Gasteiger partial charge is 0.494 e. The van der Waals surface area contributed by atoms with Crippen LogP contribution in [0.5, 0.6) is 5.75 Å². The van der Waals surface area contributed by atoms with E-state index in [2.05, 4.69) is 39.4 Å². The molecule has 0 atom stereocenters. The molecule has 0 radical (unpaired) electrons. The summed E-state index contributed by atoms with van der Waals surface area (Å²) in [6.45, 7) is 8.00. The molecule has 0 unspecified atom stereocenters. The van der Waals surface area contributed by atoms with Gasteiger partial charge in [0.15, 0.2) is 0 Å². The minimum Gasteiger partial charge on any atom is -0.494 e. The van der Waals surface area contributed by atoms with E-state index in [0.717, 1.165) is 37.6 Å². The Bertz CT molecular complexity index is 793. The van der Waals surface area contributed by atoms with E-state index in [9.17, 15) is 4.79 Å². The zero-order valence-electron chi connectivity index (χ0n) is 17.1. The molecule has 1 N–H and O–H groups in total. The van der Waals surface area contributed by atoms with Crippen LogP contribution in [0.4, 0.5) is 21.9 Å². The molecule has 2 amide bonds. The van der Waals surface area contributed by atoms with E-state index in [0.29, 0.717) is 19.7 Å². The van der Waals surface area contributed by atoms with Crippen molar-refractivity contribution in [2.75, 3.05) is 61.0 Å². The summed E-state index contributed by atoms with van der Waals surface area (Å²) in [4.78, 5) is 19.2. The Balaban J connectivity index is 1.27. The van der Waals surface area contributed by atoms with Gasteiger partial charge in [-0.25, -0.2) is 4.79 Å². The van der Waals surface area contributed by atoms with Gasteiger partial charge >= 0.3 is 6.03 Å². The standard InChI is InChI=1S/C23H30N4O2/c1-2-29-22-11-9-21(10-12-22)26-15-17-27(18-16-26)23(28)24-19-5-7-20(8-6-19)25-13-3-4-14-25/h5-12H,2-4,13-18H2,1H3,(H,24,28). The van der Waals surface area contributed by atoms with Crippen LogP contribution >= 0.6 is 0 Å². The molecule has 2 heterocycles. The van der Waals surface area contributed by atoms with Crippen molar-refractivity contribution >= 4 is 23.1 Å². The maximum absolute atomic E-state index is 12.6. The molecular formula is C23H30N4O2. The van der Waals surface area contributed by atoms with Crippen LogP contribution in [0.2, 0.25) is 0 Å². The lowest BCUT2D eigenvalue weighted by molar-refractivity contribution is 0.208. The summed E-state index contributed by atoms with van der Waals surface area (Å²) >= 11 is 0. The fourth-order valence-electron chi connectivity index (χ4n) is 4.02. The third-order valence-electron chi connectivity index (χ3n) is 5.67. The maximum Gasteiger partial charge on any atom is 0.321 e. The molecule has 2 aliphatic rings. The fourth-order valence-corrected chi connectivity index (χ4v) is 4.02. The molecule has 2 aliphatic heterocycles. The van der Waals surface area contributed by atoms with Crippen molar-refractivity contribution in [1.82, 2.24) is 4.90 Å². The molecule has 2 aromatic rings. The van der Waals surface area contributed by atoms with E-state index in [1.165, 1.54) is 24.2 Å². The smallest absolute Gasteiger partial charge is 0.321 e. The minimum atomic E-state index is -0.0229. The van der Waals surface area contributed by atoms with Crippen LogP contribution in [0, 0.1) is 0 Å². The monoisotopic (exact) mass is 394 g/mol. The maximum atomic E-state index is 12.6. The van der Waals surface area contributed by atoms with E-state index >= 15 is 0 Å². The van der Waals surface area contributed by atoms with Gasteiger partial charge in [0.25, 0.3) is 0 Å². The first-order valence-electron chi connectivity index (χ1n) is 10.6. The fraction of sp³-hybridized carbons (Fsp3) is 0.435. The van der Waals surface area contributed by atoms with Gasteiger partial charge < -0.3 is 24.8 Å². The van der Waals surface area contributed by atoms with Gasteiger partial charge in [-0.1, -0.05) is 0 Å². The number of nitrogens with one attached hydrogen (secondary N) is 1. The summed E-state index contributed by atoms with van der Waals surface area (Å²) in [6.07, 6.45) is 2.53. The first-order valence-corrected chi connectivity index (χ1v) is 10.6. The molecule has 0 aromatic heterocycles. The topological polar surface area (TPSA) is 48.1 Å². The van der Waals surface area contributed by atoms with Crippen molar-refractivity contribution in [3.63, 3.8) is 0 Å². The molecule has 6 nitrogen and oxygen atoms in total. The number of ether oxygens (including phenoxy) is 1. The van der Waals surface area contributed by atoms with Crippen LogP contribution in [0.15, 0.2) is 48.5 Å². The second-order valence-electron chi connectivity index (χ2n) is 7.57. The van der Waals surface area contributed by atoms with Crippen LogP contribution in [0.25, 0.3) is 0 Å². The number of amides is 2. The van der Waals surface area contributed by atoms with Crippen molar-refractivity contribution in [3.05, 3.63) is 48.5 Å². The predicted octanol–water partition coefficient (Wildman–Crippen LogP) is 4.04. The number of hydrogen-bond acceptors (Lipinski definition) is 4. The third kappa shape index (κ3) is 4.75. The molecule has 2 aromatic carbocycles. The number of nitrogens with zero attached hydrogens (tertiary/aromatic N) is 3. The van der Waals surface area contributed by atoms with E-state index < -0.39 is 0 Å². The van der Waals surface area contributed by atoms with Crippen molar-refractivity contribution < 1.29 is 9.53 Å². The lowest BCUT2D eigenvalue weighted by Gasteiger charge is -2.36. The van der Waals surface area contributed by atoms with Gasteiger partial charge in [-0.15, -0.1) is 0 Å². The van der Waals surface area contributed by atoms with E-state index in [1.54, 1.807) is 0 Å². The second-order valence-corrected chi connectivity index (χ2v) is 7.57. The number of carbonyl (C=O) groups is 1. The first kappa shape index (κ1) is 19.4. The lowest BCUT2D eigenvalue weighted by Crippen LogP contribution is -2.50. The Morgan fingerprint density at radius 2 is 1.38 bits per heavy atom. The molecule has 0 saturated carbocycles. The Kier molecular flexibility index (Phi) is 6.08. The van der Waals surface area contributed by atoms with E-state index in [1.807, 2.05) is 36.1 Å². The minimum absolute atomic E-state index is 0.0229. The number of rotatable bonds is 5. The van der Waals surface area contributed by atoms with Gasteiger partial charge in [0.1, 0.15) is 5.75 Å². The molecule has 6 heteroatoms. The van der Waals surface area contributed by atoms with Gasteiger partial charge in [-0.05, 0) is 68.3 Å². The first-order chi connectivity index (χ1) is 14.2. The second kappa shape index (κ2) is 9.07. The molecule has 2 fully saturated rings. The van der Waals surface area contributed by atoms with Crippen molar-refractivity contribution in [1.29, 1.82) is 0 Å². The zero-order valence-corrected chi connectivity index (χ0v) is 17.1. The molecule has 0 spiro atoms. The summed E-state index contributed by atoms with van der Waals surface area (Å²) in [5, 5.41) is 3.04. The van der Waals surface area contributed by atoms with Crippen LogP contribution in [0.1, 0.15) is 19.8 Å². The van der Waals surface area contributed by atoms with E-state index in [-0.39, 0.29) is 6.03 Å². The van der Waals surface area contributed by atoms with E-state index in [4.69, 9.17) is 4.74 Å². The summed E-state index contributed by atoms with van der Waals surface area (Å²) < 4.78 is 5.51. The Morgan fingerprint density at radius 3 is 1.97 bits per heavy atom. The van der Waals surface area contributed by atoms with Crippen LogP contribution in [-0.2, 0) is 0 Å². The summed E-state index contributed by atoms with van der Waals surface area (Å²) in [6, 6.07) is 16.4. The highest BCUT2D eigenvalue weighted by Crippen LogP contribution is 2.23. The molecule has 0 bridgehead atoms. The molecule has 2 saturated heterocycles.